The van der Waals surface area contributed by atoms with Crippen molar-refractivity contribution in [1.82, 2.24) is 14.9 Å². The highest BCUT2D eigenvalue weighted by Gasteiger charge is 2.25. The van der Waals surface area contributed by atoms with Gasteiger partial charge in [-0.15, -0.1) is 0 Å². The van der Waals surface area contributed by atoms with Crippen LogP contribution < -0.4 is 10.1 Å². The number of aromatic nitrogens is 2. The molecule has 1 N–H and O–H groups in total. The lowest BCUT2D eigenvalue weighted by atomic mass is 9.97. The number of methoxy groups -OCH3 is 1. The van der Waals surface area contributed by atoms with Crippen molar-refractivity contribution >= 4 is 28.2 Å². The molecule has 178 valence electrons. The number of carbonyl (C=O) groups excluding carboxylic acids is 1. The van der Waals surface area contributed by atoms with Crippen molar-refractivity contribution in [1.29, 1.82) is 0 Å². The molecular weight excluding hydrogens is 440 g/mol. The van der Waals surface area contributed by atoms with E-state index in [0.717, 1.165) is 23.2 Å². The molecule has 1 saturated heterocycles. The molecular formula is C28H28N4O3. The Morgan fingerprint density at radius 1 is 1.11 bits per heavy atom. The van der Waals surface area contributed by atoms with E-state index >= 15 is 0 Å². The van der Waals surface area contributed by atoms with Crippen LogP contribution in [0.2, 0.25) is 0 Å². The molecule has 1 aliphatic rings. The number of ether oxygens (including phenoxy) is 2. The normalized spacial score (nSPS) is 16.0. The third kappa shape index (κ3) is 5.41. The van der Waals surface area contributed by atoms with E-state index in [-0.39, 0.29) is 11.8 Å². The molecule has 1 fully saturated rings. The maximum absolute atomic E-state index is 13.6. The second-order valence-electron chi connectivity index (χ2n) is 8.71. The van der Waals surface area contributed by atoms with Gasteiger partial charge < -0.3 is 19.7 Å². The Morgan fingerprint density at radius 3 is 2.86 bits per heavy atom. The number of carbonyl (C=O) groups is 1. The average molecular weight is 469 g/mol. The van der Waals surface area contributed by atoms with Gasteiger partial charge in [-0.05, 0) is 59.8 Å². The maximum Gasteiger partial charge on any atom is 0.257 e. The van der Waals surface area contributed by atoms with Crippen LogP contribution in [0.5, 0.6) is 5.75 Å². The van der Waals surface area contributed by atoms with Crippen molar-refractivity contribution in [2.45, 2.75) is 6.42 Å². The number of hydrogen-bond acceptors (Lipinski definition) is 6. The summed E-state index contributed by atoms with van der Waals surface area (Å²) in [7, 11) is 1.63. The lowest BCUT2D eigenvalue weighted by Crippen LogP contribution is -2.36. The van der Waals surface area contributed by atoms with Crippen LogP contribution in [0, 0.1) is 5.92 Å². The fraction of sp³-hybridized carbons (Fsp3) is 0.250. The van der Waals surface area contributed by atoms with Gasteiger partial charge in [-0.3, -0.25) is 9.78 Å². The van der Waals surface area contributed by atoms with Crippen molar-refractivity contribution in [3.05, 3.63) is 90.4 Å². The number of anilines is 2. The fourth-order valence-electron chi connectivity index (χ4n) is 4.44. The Hall–Kier alpha value is -3.97. The van der Waals surface area contributed by atoms with Gasteiger partial charge >= 0.3 is 0 Å². The number of amides is 1. The number of nitrogens with one attached hydrogen (secondary N) is 1. The maximum atomic E-state index is 13.6. The number of hydrogen-bond donors (Lipinski definition) is 1. The molecule has 1 amide bonds. The van der Waals surface area contributed by atoms with E-state index in [1.165, 1.54) is 10.9 Å². The van der Waals surface area contributed by atoms with Crippen molar-refractivity contribution in [3.63, 3.8) is 0 Å². The molecule has 1 unspecified atom stereocenters. The van der Waals surface area contributed by atoms with Crippen molar-refractivity contribution in [3.8, 4) is 5.75 Å². The zero-order chi connectivity index (χ0) is 24.0. The monoisotopic (exact) mass is 468 g/mol. The van der Waals surface area contributed by atoms with Crippen LogP contribution in [0.1, 0.15) is 15.9 Å². The van der Waals surface area contributed by atoms with Gasteiger partial charge in [0.2, 0.25) is 0 Å². The van der Waals surface area contributed by atoms with Crippen LogP contribution in [0.4, 0.5) is 11.5 Å². The van der Waals surface area contributed by atoms with Crippen LogP contribution in [0.3, 0.4) is 0 Å². The van der Waals surface area contributed by atoms with Crippen LogP contribution in [0.25, 0.3) is 10.8 Å². The first-order valence-corrected chi connectivity index (χ1v) is 11.8. The first-order valence-electron chi connectivity index (χ1n) is 11.8. The molecule has 4 aromatic rings. The zero-order valence-corrected chi connectivity index (χ0v) is 19.7. The van der Waals surface area contributed by atoms with Gasteiger partial charge in [0.1, 0.15) is 11.6 Å². The minimum atomic E-state index is -0.0470. The summed E-state index contributed by atoms with van der Waals surface area (Å²) in [5.74, 6) is 1.46. The molecule has 0 saturated carbocycles. The second kappa shape index (κ2) is 10.5. The van der Waals surface area contributed by atoms with E-state index < -0.39 is 0 Å². The summed E-state index contributed by atoms with van der Waals surface area (Å²) in [6, 6.07) is 19.6. The predicted octanol–water partition coefficient (Wildman–Crippen LogP) is 4.71. The highest BCUT2D eigenvalue weighted by Crippen LogP contribution is 2.24. The van der Waals surface area contributed by atoms with Crippen molar-refractivity contribution in [2.75, 3.05) is 38.7 Å². The SMILES string of the molecule is COc1ccc(Nc2ncccc2C(=O)N2CCOCC(Cc3ccc4cnccc4c3)C2)cc1. The molecule has 35 heavy (non-hydrogen) atoms. The summed E-state index contributed by atoms with van der Waals surface area (Å²) in [5.41, 5.74) is 2.61. The minimum Gasteiger partial charge on any atom is -0.497 e. The van der Waals surface area contributed by atoms with E-state index in [1.54, 1.807) is 19.4 Å². The number of nitrogens with zero attached hydrogens (tertiary/aromatic N) is 3. The van der Waals surface area contributed by atoms with E-state index in [9.17, 15) is 4.79 Å². The molecule has 5 rings (SSSR count). The molecule has 0 spiro atoms. The van der Waals surface area contributed by atoms with Crippen molar-refractivity contribution < 1.29 is 14.3 Å². The summed E-state index contributed by atoms with van der Waals surface area (Å²) in [5, 5.41) is 5.57. The van der Waals surface area contributed by atoms with Crippen LogP contribution in [0.15, 0.2) is 79.3 Å². The Kier molecular flexibility index (Phi) is 6.86. The molecule has 2 aromatic heterocycles. The van der Waals surface area contributed by atoms with Crippen LogP contribution >= 0.6 is 0 Å². The van der Waals surface area contributed by atoms with Crippen LogP contribution in [-0.4, -0.2) is 54.2 Å². The number of benzene rings is 2. The van der Waals surface area contributed by atoms with Gasteiger partial charge in [-0.2, -0.15) is 0 Å². The lowest BCUT2D eigenvalue weighted by Gasteiger charge is -2.24. The number of fused-ring (bicyclic) bond motifs is 1. The Labute approximate surface area is 204 Å². The summed E-state index contributed by atoms with van der Waals surface area (Å²) in [6.45, 7) is 2.33. The molecule has 2 aromatic carbocycles. The lowest BCUT2D eigenvalue weighted by molar-refractivity contribution is 0.0738. The van der Waals surface area contributed by atoms with Crippen molar-refractivity contribution in [2.24, 2.45) is 5.92 Å². The topological polar surface area (TPSA) is 76.6 Å². The van der Waals surface area contributed by atoms with E-state index in [0.29, 0.717) is 37.7 Å². The fourth-order valence-corrected chi connectivity index (χ4v) is 4.44. The first kappa shape index (κ1) is 22.8. The molecule has 3 heterocycles. The summed E-state index contributed by atoms with van der Waals surface area (Å²) in [4.78, 5) is 24.1. The standard InChI is InChI=1S/C28H28N4O3/c1-34-25-8-6-24(7-9-25)31-27-26(3-2-11-30-27)28(33)32-13-14-35-19-21(18-32)15-20-4-5-23-17-29-12-10-22(23)16-20/h2-12,16-17,21H,13-15,18-19H2,1H3,(H,30,31). The largest absolute Gasteiger partial charge is 0.497 e. The van der Waals surface area contributed by atoms with E-state index in [1.807, 2.05) is 53.7 Å². The van der Waals surface area contributed by atoms with E-state index in [4.69, 9.17) is 9.47 Å². The van der Waals surface area contributed by atoms with Gasteiger partial charge in [0.05, 0.1) is 25.9 Å². The molecule has 7 heteroatoms. The van der Waals surface area contributed by atoms with Gasteiger partial charge in [0.15, 0.2) is 0 Å². The second-order valence-corrected chi connectivity index (χ2v) is 8.71. The third-order valence-electron chi connectivity index (χ3n) is 6.25. The summed E-state index contributed by atoms with van der Waals surface area (Å²) < 4.78 is 11.1. The zero-order valence-electron chi connectivity index (χ0n) is 19.7. The first-order chi connectivity index (χ1) is 17.2. The number of pyridine rings is 2. The molecule has 0 bridgehead atoms. The molecule has 1 atom stereocenters. The highest BCUT2D eigenvalue weighted by molar-refractivity contribution is 5.99. The average Bonchev–Trinajstić information content (AvgIpc) is 3.14. The summed E-state index contributed by atoms with van der Waals surface area (Å²) >= 11 is 0. The molecule has 7 nitrogen and oxygen atoms in total. The minimum absolute atomic E-state index is 0.0470. The smallest absolute Gasteiger partial charge is 0.257 e. The Bertz CT molecular complexity index is 1310. The predicted molar refractivity (Wildman–Crippen MR) is 136 cm³/mol. The van der Waals surface area contributed by atoms with Gasteiger partial charge in [0.25, 0.3) is 5.91 Å². The van der Waals surface area contributed by atoms with Gasteiger partial charge in [0, 0.05) is 48.7 Å². The Balaban J connectivity index is 1.32. The number of rotatable bonds is 6. The third-order valence-corrected chi connectivity index (χ3v) is 6.25. The highest BCUT2D eigenvalue weighted by atomic mass is 16.5. The van der Waals surface area contributed by atoms with Gasteiger partial charge in [-0.25, -0.2) is 4.98 Å². The molecule has 0 radical (unpaired) electrons. The molecule has 1 aliphatic heterocycles. The van der Waals surface area contributed by atoms with Gasteiger partial charge in [-0.1, -0.05) is 18.2 Å². The molecule has 0 aliphatic carbocycles. The summed E-state index contributed by atoms with van der Waals surface area (Å²) in [6.07, 6.45) is 6.21. The van der Waals surface area contributed by atoms with E-state index in [2.05, 4.69) is 33.5 Å². The Morgan fingerprint density at radius 2 is 2.00 bits per heavy atom. The van der Waals surface area contributed by atoms with Crippen LogP contribution in [-0.2, 0) is 11.2 Å². The quantitative estimate of drug-likeness (QED) is 0.442.